The summed E-state index contributed by atoms with van der Waals surface area (Å²) in [7, 11) is -3.74. The highest BCUT2D eigenvalue weighted by atomic mass is 35.5. The summed E-state index contributed by atoms with van der Waals surface area (Å²) in [5, 5.41) is 2.33. The molecule has 9 heteroatoms. The lowest BCUT2D eigenvalue weighted by Crippen LogP contribution is -2.50. The van der Waals surface area contributed by atoms with E-state index in [4.69, 9.17) is 23.2 Å². The minimum absolute atomic E-state index is 0.00413. The summed E-state index contributed by atoms with van der Waals surface area (Å²) < 4.78 is 26.9. The van der Waals surface area contributed by atoms with E-state index in [9.17, 15) is 13.2 Å². The number of aryl methyl sites for hydroxylation is 1. The van der Waals surface area contributed by atoms with Crippen molar-refractivity contribution >= 4 is 50.5 Å². The molecule has 0 spiro atoms. The van der Waals surface area contributed by atoms with Gasteiger partial charge in [0.05, 0.1) is 9.90 Å². The van der Waals surface area contributed by atoms with Crippen LogP contribution in [0.1, 0.15) is 15.2 Å². The van der Waals surface area contributed by atoms with Crippen LogP contribution in [0.25, 0.3) is 0 Å². The summed E-state index contributed by atoms with van der Waals surface area (Å²) in [4.78, 5) is 14.9. The molecule has 25 heavy (non-hydrogen) atoms. The van der Waals surface area contributed by atoms with Crippen molar-refractivity contribution in [1.82, 2.24) is 9.21 Å². The number of carbonyl (C=O) groups is 1. The maximum Gasteiger partial charge on any atom is 0.264 e. The Morgan fingerprint density at radius 2 is 1.80 bits per heavy atom. The number of hydrogen-bond acceptors (Lipinski definition) is 4. The maximum absolute atomic E-state index is 12.8. The zero-order chi connectivity index (χ0) is 18.2. The highest BCUT2D eigenvalue weighted by Gasteiger charge is 2.32. The van der Waals surface area contributed by atoms with E-state index in [0.717, 1.165) is 5.56 Å². The molecule has 0 aliphatic carbocycles. The van der Waals surface area contributed by atoms with Crippen LogP contribution in [0.4, 0.5) is 0 Å². The van der Waals surface area contributed by atoms with Crippen LogP contribution in [0.3, 0.4) is 0 Å². The van der Waals surface area contributed by atoms with Gasteiger partial charge < -0.3 is 4.90 Å². The molecule has 0 unspecified atom stereocenters. The number of piperazine rings is 1. The van der Waals surface area contributed by atoms with Gasteiger partial charge in [-0.15, -0.1) is 11.3 Å². The third kappa shape index (κ3) is 3.71. The Balaban J connectivity index is 1.74. The Morgan fingerprint density at radius 1 is 1.12 bits per heavy atom. The van der Waals surface area contributed by atoms with E-state index in [1.165, 1.54) is 27.8 Å². The first-order valence-corrected chi connectivity index (χ1v) is 10.7. The number of benzene rings is 1. The molecule has 0 bridgehead atoms. The number of nitrogens with zero attached hydrogens (tertiary/aromatic N) is 2. The van der Waals surface area contributed by atoms with Crippen molar-refractivity contribution < 1.29 is 13.2 Å². The third-order valence-electron chi connectivity index (χ3n) is 4.09. The van der Waals surface area contributed by atoms with Gasteiger partial charge in [-0.1, -0.05) is 23.2 Å². The first kappa shape index (κ1) is 18.7. The van der Waals surface area contributed by atoms with E-state index in [-0.39, 0.29) is 28.9 Å². The van der Waals surface area contributed by atoms with Crippen LogP contribution in [0.5, 0.6) is 0 Å². The predicted octanol–water partition coefficient (Wildman–Crippen LogP) is 3.51. The van der Waals surface area contributed by atoms with Crippen LogP contribution in [-0.2, 0) is 10.0 Å². The Bertz CT molecular complexity index is 904. The van der Waals surface area contributed by atoms with Crippen LogP contribution in [0.15, 0.2) is 34.5 Å². The number of thiophene rings is 1. The molecule has 5 nitrogen and oxygen atoms in total. The highest BCUT2D eigenvalue weighted by Crippen LogP contribution is 2.28. The normalized spacial score (nSPS) is 16.2. The van der Waals surface area contributed by atoms with E-state index >= 15 is 0 Å². The monoisotopic (exact) mass is 418 g/mol. The Labute approximate surface area is 160 Å². The summed E-state index contributed by atoms with van der Waals surface area (Å²) in [5.74, 6) is -0.0506. The van der Waals surface area contributed by atoms with Crippen molar-refractivity contribution in [2.24, 2.45) is 0 Å². The zero-order valence-electron chi connectivity index (χ0n) is 13.4. The number of rotatable bonds is 3. The fourth-order valence-electron chi connectivity index (χ4n) is 2.68. The lowest BCUT2D eigenvalue weighted by Gasteiger charge is -2.34. The van der Waals surface area contributed by atoms with Crippen LogP contribution in [0.2, 0.25) is 10.0 Å². The van der Waals surface area contributed by atoms with Gasteiger partial charge in [-0.3, -0.25) is 4.79 Å². The number of halogens is 2. The maximum atomic E-state index is 12.8. The molecule has 0 atom stereocenters. The van der Waals surface area contributed by atoms with E-state index in [0.29, 0.717) is 23.0 Å². The van der Waals surface area contributed by atoms with Gasteiger partial charge in [0, 0.05) is 31.2 Å². The molecule has 1 fully saturated rings. The first-order valence-electron chi connectivity index (χ1n) is 7.59. The minimum atomic E-state index is -3.74. The number of sulfonamides is 1. The molecule has 1 aromatic heterocycles. The second-order valence-corrected chi connectivity index (χ2v) is 9.37. The molecular weight excluding hydrogens is 403 g/mol. The molecule has 1 amide bonds. The SMILES string of the molecule is Cc1ccsc1C(=O)N1CCN(S(=O)(=O)c2cc(Cl)ccc2Cl)CC1. The summed E-state index contributed by atoms with van der Waals surface area (Å²) in [6, 6.07) is 6.27. The Kier molecular flexibility index (Phi) is 5.41. The minimum Gasteiger partial charge on any atom is -0.335 e. The molecule has 2 aromatic rings. The van der Waals surface area contributed by atoms with Gasteiger partial charge in [0.25, 0.3) is 5.91 Å². The molecule has 3 rings (SSSR count). The summed E-state index contributed by atoms with van der Waals surface area (Å²) in [5.41, 5.74) is 0.941. The predicted molar refractivity (Wildman–Crippen MR) is 100 cm³/mol. The molecule has 1 aromatic carbocycles. The topological polar surface area (TPSA) is 57.7 Å². The molecule has 1 aliphatic heterocycles. The molecule has 0 N–H and O–H groups in total. The zero-order valence-corrected chi connectivity index (χ0v) is 16.6. The summed E-state index contributed by atoms with van der Waals surface area (Å²) >= 11 is 13.3. The second kappa shape index (κ2) is 7.25. The molecular formula is C16H16Cl2N2O3S2. The van der Waals surface area contributed by atoms with Gasteiger partial charge >= 0.3 is 0 Å². The molecule has 134 valence electrons. The average Bonchev–Trinajstić information content (AvgIpc) is 3.02. The van der Waals surface area contributed by atoms with Crippen molar-refractivity contribution in [1.29, 1.82) is 0 Å². The van der Waals surface area contributed by atoms with Gasteiger partial charge in [-0.25, -0.2) is 8.42 Å². The van der Waals surface area contributed by atoms with E-state index in [1.54, 1.807) is 11.0 Å². The Morgan fingerprint density at radius 3 is 2.40 bits per heavy atom. The van der Waals surface area contributed by atoms with Gasteiger partial charge in [0.1, 0.15) is 4.90 Å². The van der Waals surface area contributed by atoms with Crippen LogP contribution in [-0.4, -0.2) is 49.7 Å². The summed E-state index contributed by atoms with van der Waals surface area (Å²) in [6.45, 7) is 3.02. The van der Waals surface area contributed by atoms with Crippen molar-refractivity contribution in [3.05, 3.63) is 50.1 Å². The number of hydrogen-bond donors (Lipinski definition) is 0. The molecule has 2 heterocycles. The highest BCUT2D eigenvalue weighted by molar-refractivity contribution is 7.89. The second-order valence-electron chi connectivity index (χ2n) is 5.70. The van der Waals surface area contributed by atoms with Gasteiger partial charge in [-0.2, -0.15) is 4.31 Å². The molecule has 0 saturated carbocycles. The van der Waals surface area contributed by atoms with Crippen molar-refractivity contribution in [2.75, 3.05) is 26.2 Å². The molecule has 1 aliphatic rings. The quantitative estimate of drug-likeness (QED) is 0.765. The van der Waals surface area contributed by atoms with Gasteiger partial charge in [0.2, 0.25) is 10.0 Å². The fraction of sp³-hybridized carbons (Fsp3) is 0.312. The fourth-order valence-corrected chi connectivity index (χ4v) is 5.73. The smallest absolute Gasteiger partial charge is 0.264 e. The van der Waals surface area contributed by atoms with Gasteiger partial charge in [0.15, 0.2) is 0 Å². The van der Waals surface area contributed by atoms with Crippen LogP contribution >= 0.6 is 34.5 Å². The van der Waals surface area contributed by atoms with Crippen molar-refractivity contribution in [3.8, 4) is 0 Å². The van der Waals surface area contributed by atoms with E-state index < -0.39 is 10.0 Å². The standard InChI is InChI=1S/C16H16Cl2N2O3S2/c1-11-4-9-24-15(11)16(21)19-5-7-20(8-6-19)25(22,23)14-10-12(17)2-3-13(14)18/h2-4,9-10H,5-8H2,1H3. The Hall–Kier alpha value is -1.12. The van der Waals surface area contributed by atoms with Crippen molar-refractivity contribution in [3.63, 3.8) is 0 Å². The molecule has 0 radical (unpaired) electrons. The van der Waals surface area contributed by atoms with Gasteiger partial charge in [-0.05, 0) is 42.1 Å². The first-order chi connectivity index (χ1) is 11.8. The van der Waals surface area contributed by atoms with E-state index in [1.807, 2.05) is 18.4 Å². The van der Waals surface area contributed by atoms with Crippen molar-refractivity contribution in [2.45, 2.75) is 11.8 Å². The lowest BCUT2D eigenvalue weighted by molar-refractivity contribution is 0.0702. The van der Waals surface area contributed by atoms with E-state index in [2.05, 4.69) is 0 Å². The summed E-state index contributed by atoms with van der Waals surface area (Å²) in [6.07, 6.45) is 0. The number of carbonyl (C=O) groups excluding carboxylic acids is 1. The molecule has 1 saturated heterocycles. The average molecular weight is 419 g/mol. The third-order valence-corrected chi connectivity index (χ3v) is 7.71. The lowest BCUT2D eigenvalue weighted by atomic mass is 10.2. The largest absolute Gasteiger partial charge is 0.335 e. The van der Waals surface area contributed by atoms with Crippen LogP contribution < -0.4 is 0 Å². The number of amides is 1. The van der Waals surface area contributed by atoms with Crippen LogP contribution in [0, 0.1) is 6.92 Å².